The maximum absolute atomic E-state index is 5.60. The summed E-state index contributed by atoms with van der Waals surface area (Å²) in [7, 11) is 6.56. The lowest BCUT2D eigenvalue weighted by Crippen LogP contribution is -2.50. The molecule has 4 nitrogen and oxygen atoms in total. The van der Waals surface area contributed by atoms with Crippen LogP contribution in [0.25, 0.3) is 0 Å². The maximum atomic E-state index is 5.60. The van der Waals surface area contributed by atoms with Crippen molar-refractivity contribution in [2.45, 2.75) is 45.6 Å². The van der Waals surface area contributed by atoms with Gasteiger partial charge >= 0.3 is 0 Å². The third-order valence-corrected chi connectivity index (χ3v) is 4.30. The molecule has 0 radical (unpaired) electrons. The Labute approximate surface area is 132 Å². The summed E-state index contributed by atoms with van der Waals surface area (Å²) < 4.78 is 5.60. The Kier molecular flexibility index (Phi) is 7.62. The topological polar surface area (TPSA) is 27.7 Å². The van der Waals surface area contributed by atoms with E-state index < -0.39 is 0 Å². The van der Waals surface area contributed by atoms with E-state index in [2.05, 4.69) is 57.0 Å². The highest BCUT2D eigenvalue weighted by molar-refractivity contribution is 4.89. The van der Waals surface area contributed by atoms with Crippen LogP contribution in [-0.2, 0) is 4.74 Å². The summed E-state index contributed by atoms with van der Waals surface area (Å²) in [4.78, 5) is 4.78. The fourth-order valence-electron chi connectivity index (χ4n) is 2.96. The standard InChI is InChI=1S/C17H37N3O/c1-16(2,3)18-14-17(8-12-21-13-9-17)15-20(6)11-7-10-19(4)5/h18H,7-15H2,1-6H3. The zero-order valence-corrected chi connectivity index (χ0v) is 15.2. The Hall–Kier alpha value is -0.160. The average molecular weight is 300 g/mol. The number of nitrogens with one attached hydrogen (secondary N) is 1. The first kappa shape index (κ1) is 18.9. The van der Waals surface area contributed by atoms with Crippen LogP contribution < -0.4 is 5.32 Å². The molecular weight excluding hydrogens is 262 g/mol. The Morgan fingerprint density at radius 3 is 2.19 bits per heavy atom. The quantitative estimate of drug-likeness (QED) is 0.742. The maximum Gasteiger partial charge on any atom is 0.0472 e. The van der Waals surface area contributed by atoms with E-state index in [0.717, 1.165) is 19.8 Å². The molecule has 0 aliphatic carbocycles. The molecule has 1 aliphatic heterocycles. The predicted octanol–water partition coefficient (Wildman–Crippen LogP) is 2.05. The number of nitrogens with zero attached hydrogens (tertiary/aromatic N) is 2. The van der Waals surface area contributed by atoms with Gasteiger partial charge in [0.2, 0.25) is 0 Å². The summed E-state index contributed by atoms with van der Waals surface area (Å²) in [5.41, 5.74) is 0.563. The van der Waals surface area contributed by atoms with Crippen LogP contribution in [0.15, 0.2) is 0 Å². The zero-order valence-electron chi connectivity index (χ0n) is 15.2. The van der Waals surface area contributed by atoms with Crippen molar-refractivity contribution in [3.8, 4) is 0 Å². The largest absolute Gasteiger partial charge is 0.381 e. The Balaban J connectivity index is 2.48. The van der Waals surface area contributed by atoms with Gasteiger partial charge in [0.1, 0.15) is 0 Å². The van der Waals surface area contributed by atoms with E-state index in [0.29, 0.717) is 5.41 Å². The summed E-state index contributed by atoms with van der Waals surface area (Å²) in [6.45, 7) is 13.2. The molecule has 0 bridgehead atoms. The third-order valence-electron chi connectivity index (χ3n) is 4.30. The van der Waals surface area contributed by atoms with Gasteiger partial charge in [0.15, 0.2) is 0 Å². The fraction of sp³-hybridized carbons (Fsp3) is 1.00. The monoisotopic (exact) mass is 299 g/mol. The average Bonchev–Trinajstić information content (AvgIpc) is 2.36. The molecule has 1 saturated heterocycles. The van der Waals surface area contributed by atoms with Crippen molar-refractivity contribution in [3.05, 3.63) is 0 Å². The van der Waals surface area contributed by atoms with E-state index >= 15 is 0 Å². The van der Waals surface area contributed by atoms with E-state index in [1.54, 1.807) is 0 Å². The van der Waals surface area contributed by atoms with Crippen molar-refractivity contribution in [2.24, 2.45) is 5.41 Å². The molecule has 1 aliphatic rings. The minimum atomic E-state index is 0.189. The van der Waals surface area contributed by atoms with Gasteiger partial charge in [-0.2, -0.15) is 0 Å². The van der Waals surface area contributed by atoms with Crippen LogP contribution >= 0.6 is 0 Å². The molecule has 0 spiro atoms. The lowest BCUT2D eigenvalue weighted by atomic mass is 9.79. The SMILES string of the molecule is CN(C)CCCN(C)CC1(CNC(C)(C)C)CCOCC1. The summed E-state index contributed by atoms with van der Waals surface area (Å²) >= 11 is 0. The summed E-state index contributed by atoms with van der Waals surface area (Å²) in [6, 6.07) is 0. The Bertz CT molecular complexity index is 280. The lowest BCUT2D eigenvalue weighted by molar-refractivity contribution is -0.00358. The highest BCUT2D eigenvalue weighted by Gasteiger charge is 2.34. The minimum absolute atomic E-state index is 0.189. The van der Waals surface area contributed by atoms with Gasteiger partial charge < -0.3 is 19.9 Å². The molecule has 1 heterocycles. The van der Waals surface area contributed by atoms with Crippen LogP contribution in [0.3, 0.4) is 0 Å². The molecule has 0 aromatic rings. The molecule has 0 amide bonds. The van der Waals surface area contributed by atoms with Gasteiger partial charge in [0.05, 0.1) is 0 Å². The van der Waals surface area contributed by atoms with Crippen molar-refractivity contribution in [3.63, 3.8) is 0 Å². The van der Waals surface area contributed by atoms with Crippen LogP contribution in [0.4, 0.5) is 0 Å². The van der Waals surface area contributed by atoms with Crippen LogP contribution in [0.5, 0.6) is 0 Å². The van der Waals surface area contributed by atoms with Gasteiger partial charge in [-0.3, -0.25) is 0 Å². The lowest BCUT2D eigenvalue weighted by Gasteiger charge is -2.42. The van der Waals surface area contributed by atoms with Gasteiger partial charge in [-0.25, -0.2) is 0 Å². The van der Waals surface area contributed by atoms with Crippen molar-refractivity contribution >= 4 is 0 Å². The van der Waals surface area contributed by atoms with Gasteiger partial charge in [0, 0.05) is 31.8 Å². The first-order chi connectivity index (χ1) is 9.72. The highest BCUT2D eigenvalue weighted by Crippen LogP contribution is 2.31. The molecule has 0 atom stereocenters. The molecule has 1 fully saturated rings. The molecule has 21 heavy (non-hydrogen) atoms. The third kappa shape index (κ3) is 8.15. The smallest absolute Gasteiger partial charge is 0.0472 e. The first-order valence-electron chi connectivity index (χ1n) is 8.39. The molecule has 4 heteroatoms. The van der Waals surface area contributed by atoms with E-state index in [4.69, 9.17) is 4.74 Å². The van der Waals surface area contributed by atoms with Crippen molar-refractivity contribution in [1.82, 2.24) is 15.1 Å². The normalized spacial score (nSPS) is 19.4. The Morgan fingerprint density at radius 1 is 1.05 bits per heavy atom. The summed E-state index contributed by atoms with van der Waals surface area (Å²) in [5, 5.41) is 3.72. The molecule has 1 rings (SSSR count). The van der Waals surface area contributed by atoms with Crippen LogP contribution in [0.1, 0.15) is 40.0 Å². The van der Waals surface area contributed by atoms with E-state index in [1.165, 1.54) is 38.9 Å². The number of rotatable bonds is 8. The fourth-order valence-corrected chi connectivity index (χ4v) is 2.96. The number of hydrogen-bond acceptors (Lipinski definition) is 4. The zero-order chi connectivity index (χ0) is 15.9. The van der Waals surface area contributed by atoms with E-state index in [9.17, 15) is 0 Å². The molecule has 126 valence electrons. The highest BCUT2D eigenvalue weighted by atomic mass is 16.5. The van der Waals surface area contributed by atoms with Gasteiger partial charge in [-0.1, -0.05) is 0 Å². The van der Waals surface area contributed by atoms with Crippen LogP contribution in [-0.4, -0.2) is 75.9 Å². The second-order valence-corrected chi connectivity index (χ2v) is 8.11. The number of hydrogen-bond donors (Lipinski definition) is 1. The predicted molar refractivity (Wildman–Crippen MR) is 90.9 cm³/mol. The molecule has 0 unspecified atom stereocenters. The molecule has 0 aromatic carbocycles. The van der Waals surface area contributed by atoms with E-state index in [-0.39, 0.29) is 5.54 Å². The molecular formula is C17H37N3O. The van der Waals surface area contributed by atoms with Gasteiger partial charge in [-0.05, 0) is 79.7 Å². The first-order valence-corrected chi connectivity index (χ1v) is 8.39. The van der Waals surface area contributed by atoms with E-state index in [1.807, 2.05) is 0 Å². The second-order valence-electron chi connectivity index (χ2n) is 8.11. The van der Waals surface area contributed by atoms with Crippen LogP contribution in [0.2, 0.25) is 0 Å². The molecule has 1 N–H and O–H groups in total. The van der Waals surface area contributed by atoms with Gasteiger partial charge in [-0.15, -0.1) is 0 Å². The molecule has 0 aromatic heterocycles. The summed E-state index contributed by atoms with van der Waals surface area (Å²) in [6.07, 6.45) is 3.59. The van der Waals surface area contributed by atoms with Crippen molar-refractivity contribution in [2.75, 3.05) is 60.5 Å². The van der Waals surface area contributed by atoms with Crippen molar-refractivity contribution < 1.29 is 4.74 Å². The number of ether oxygens (including phenoxy) is 1. The molecule has 0 saturated carbocycles. The summed E-state index contributed by atoms with van der Waals surface area (Å²) in [5.74, 6) is 0. The van der Waals surface area contributed by atoms with Crippen LogP contribution in [0, 0.1) is 5.41 Å². The van der Waals surface area contributed by atoms with Gasteiger partial charge in [0.25, 0.3) is 0 Å². The van der Waals surface area contributed by atoms with Crippen molar-refractivity contribution in [1.29, 1.82) is 0 Å². The minimum Gasteiger partial charge on any atom is -0.381 e. The second kappa shape index (κ2) is 8.47. The Morgan fingerprint density at radius 2 is 1.67 bits per heavy atom.